The zero-order valence-electron chi connectivity index (χ0n) is 11.3. The molecule has 1 aromatic carbocycles. The van der Waals surface area contributed by atoms with Gasteiger partial charge in [0.2, 0.25) is 15.9 Å². The zero-order chi connectivity index (χ0) is 14.8. The normalized spacial score (nSPS) is 17.2. The molecule has 0 unspecified atom stereocenters. The molecule has 0 aromatic heterocycles. The molecule has 1 heterocycles. The van der Waals surface area contributed by atoms with Crippen LogP contribution in [0.4, 0.5) is 4.39 Å². The highest BCUT2D eigenvalue weighted by molar-refractivity contribution is 7.88. The maximum atomic E-state index is 13.0. The van der Waals surface area contributed by atoms with E-state index in [1.807, 2.05) is 0 Å². The largest absolute Gasteiger partial charge is 0.340 e. The van der Waals surface area contributed by atoms with Crippen LogP contribution in [0.2, 0.25) is 0 Å². The monoisotopic (exact) mass is 300 g/mol. The fraction of sp³-hybridized carbons (Fsp3) is 0.462. The standard InChI is InChI=1S/C13H17FN2O3S/c1-20(18,19)16-7-5-15(6-8-16)13(17)10-11-3-2-4-12(14)9-11/h2-4,9H,5-8,10H2,1H3. The molecule has 1 aromatic rings. The molecule has 20 heavy (non-hydrogen) atoms. The summed E-state index contributed by atoms with van der Waals surface area (Å²) >= 11 is 0. The van der Waals surface area contributed by atoms with Gasteiger partial charge in [0.25, 0.3) is 0 Å². The lowest BCUT2D eigenvalue weighted by Crippen LogP contribution is -2.50. The van der Waals surface area contributed by atoms with E-state index in [4.69, 9.17) is 0 Å². The Morgan fingerprint density at radius 3 is 2.45 bits per heavy atom. The topological polar surface area (TPSA) is 57.7 Å². The number of rotatable bonds is 3. The minimum absolute atomic E-state index is 0.108. The van der Waals surface area contributed by atoms with Crippen LogP contribution in [0.15, 0.2) is 24.3 Å². The molecule has 1 aliphatic heterocycles. The van der Waals surface area contributed by atoms with Crippen LogP contribution in [0.25, 0.3) is 0 Å². The third-order valence-corrected chi connectivity index (χ3v) is 4.61. The van der Waals surface area contributed by atoms with Gasteiger partial charge in [0, 0.05) is 26.2 Å². The summed E-state index contributed by atoms with van der Waals surface area (Å²) < 4.78 is 37.1. The van der Waals surface area contributed by atoms with Crippen LogP contribution in [0, 0.1) is 5.82 Å². The molecular weight excluding hydrogens is 283 g/mol. The first-order valence-electron chi connectivity index (χ1n) is 6.33. The average molecular weight is 300 g/mol. The summed E-state index contributed by atoms with van der Waals surface area (Å²) in [5.41, 5.74) is 0.626. The van der Waals surface area contributed by atoms with Gasteiger partial charge in [-0.05, 0) is 17.7 Å². The molecule has 1 amide bonds. The summed E-state index contributed by atoms with van der Waals surface area (Å²) in [7, 11) is -3.19. The third kappa shape index (κ3) is 3.77. The van der Waals surface area contributed by atoms with Gasteiger partial charge in [-0.25, -0.2) is 12.8 Å². The Morgan fingerprint density at radius 2 is 1.90 bits per heavy atom. The smallest absolute Gasteiger partial charge is 0.227 e. The molecule has 0 N–H and O–H groups in total. The van der Waals surface area contributed by atoms with Crippen LogP contribution < -0.4 is 0 Å². The Bertz CT molecular complexity index is 595. The number of carbonyl (C=O) groups is 1. The highest BCUT2D eigenvalue weighted by Gasteiger charge is 2.25. The number of amides is 1. The van der Waals surface area contributed by atoms with Crippen molar-refractivity contribution in [3.63, 3.8) is 0 Å². The van der Waals surface area contributed by atoms with Crippen LogP contribution in [-0.2, 0) is 21.2 Å². The van der Waals surface area contributed by atoms with E-state index in [2.05, 4.69) is 0 Å². The van der Waals surface area contributed by atoms with Gasteiger partial charge in [-0.2, -0.15) is 4.31 Å². The van der Waals surface area contributed by atoms with E-state index in [1.54, 1.807) is 17.0 Å². The second kappa shape index (κ2) is 5.88. The molecule has 0 saturated carbocycles. The first-order chi connectivity index (χ1) is 9.36. The van der Waals surface area contributed by atoms with Crippen molar-refractivity contribution in [2.75, 3.05) is 32.4 Å². The molecule has 0 aliphatic carbocycles. The van der Waals surface area contributed by atoms with Crippen molar-refractivity contribution in [3.8, 4) is 0 Å². The molecule has 2 rings (SSSR count). The SMILES string of the molecule is CS(=O)(=O)N1CCN(C(=O)Cc2cccc(F)c2)CC1. The molecule has 1 fully saturated rings. The number of hydrogen-bond acceptors (Lipinski definition) is 3. The van der Waals surface area contributed by atoms with Crippen LogP contribution >= 0.6 is 0 Å². The Morgan fingerprint density at radius 1 is 1.25 bits per heavy atom. The van der Waals surface area contributed by atoms with Crippen LogP contribution in [0.5, 0.6) is 0 Å². The van der Waals surface area contributed by atoms with E-state index in [0.29, 0.717) is 31.7 Å². The predicted molar refractivity (Wildman–Crippen MR) is 73.1 cm³/mol. The summed E-state index contributed by atoms with van der Waals surface area (Å²) in [6.45, 7) is 1.38. The van der Waals surface area contributed by atoms with Crippen molar-refractivity contribution >= 4 is 15.9 Å². The first kappa shape index (κ1) is 14.9. The molecule has 110 valence electrons. The lowest BCUT2D eigenvalue weighted by molar-refractivity contribution is -0.131. The summed E-state index contributed by atoms with van der Waals surface area (Å²) in [5.74, 6) is -0.471. The molecule has 5 nitrogen and oxygen atoms in total. The predicted octanol–water partition coefficient (Wildman–Crippen LogP) is 0.472. The number of hydrogen-bond donors (Lipinski definition) is 0. The van der Waals surface area contributed by atoms with Gasteiger partial charge in [0.05, 0.1) is 12.7 Å². The van der Waals surface area contributed by atoms with E-state index < -0.39 is 10.0 Å². The molecule has 0 bridgehead atoms. The average Bonchev–Trinajstić information content (AvgIpc) is 2.38. The fourth-order valence-electron chi connectivity index (χ4n) is 2.20. The van der Waals surface area contributed by atoms with E-state index in [-0.39, 0.29) is 18.1 Å². The van der Waals surface area contributed by atoms with Gasteiger partial charge in [-0.3, -0.25) is 4.79 Å². The van der Waals surface area contributed by atoms with Gasteiger partial charge in [-0.1, -0.05) is 12.1 Å². The first-order valence-corrected chi connectivity index (χ1v) is 8.18. The molecule has 0 spiro atoms. The lowest BCUT2D eigenvalue weighted by Gasteiger charge is -2.33. The quantitative estimate of drug-likeness (QED) is 0.815. The van der Waals surface area contributed by atoms with Crippen molar-refractivity contribution in [2.24, 2.45) is 0 Å². The summed E-state index contributed by atoms with van der Waals surface area (Å²) in [6, 6.07) is 5.94. The van der Waals surface area contributed by atoms with E-state index in [0.717, 1.165) is 6.26 Å². The Balaban J connectivity index is 1.92. The molecule has 1 aliphatic rings. The van der Waals surface area contributed by atoms with Crippen LogP contribution in [0.1, 0.15) is 5.56 Å². The highest BCUT2D eigenvalue weighted by Crippen LogP contribution is 2.10. The molecule has 7 heteroatoms. The van der Waals surface area contributed by atoms with Crippen molar-refractivity contribution in [1.82, 2.24) is 9.21 Å². The number of carbonyl (C=O) groups excluding carboxylic acids is 1. The van der Waals surface area contributed by atoms with Gasteiger partial charge < -0.3 is 4.90 Å². The Hall–Kier alpha value is -1.47. The van der Waals surface area contributed by atoms with Crippen molar-refractivity contribution in [1.29, 1.82) is 0 Å². The van der Waals surface area contributed by atoms with Crippen molar-refractivity contribution in [2.45, 2.75) is 6.42 Å². The molecular formula is C13H17FN2O3S. The van der Waals surface area contributed by atoms with Gasteiger partial charge in [-0.15, -0.1) is 0 Å². The summed E-state index contributed by atoms with van der Waals surface area (Å²) in [4.78, 5) is 13.7. The summed E-state index contributed by atoms with van der Waals surface area (Å²) in [6.07, 6.45) is 1.30. The second-order valence-electron chi connectivity index (χ2n) is 4.85. The number of sulfonamides is 1. The third-order valence-electron chi connectivity index (χ3n) is 3.30. The van der Waals surface area contributed by atoms with Crippen LogP contribution in [0.3, 0.4) is 0 Å². The Kier molecular flexibility index (Phi) is 4.39. The maximum Gasteiger partial charge on any atom is 0.227 e. The second-order valence-corrected chi connectivity index (χ2v) is 6.83. The molecule has 0 atom stereocenters. The number of nitrogens with zero attached hydrogens (tertiary/aromatic N) is 2. The zero-order valence-corrected chi connectivity index (χ0v) is 12.1. The number of benzene rings is 1. The lowest BCUT2D eigenvalue weighted by atomic mass is 10.1. The van der Waals surface area contributed by atoms with Crippen molar-refractivity contribution < 1.29 is 17.6 Å². The minimum Gasteiger partial charge on any atom is -0.340 e. The van der Waals surface area contributed by atoms with Gasteiger partial charge >= 0.3 is 0 Å². The maximum absolute atomic E-state index is 13.0. The number of halogens is 1. The molecule has 0 radical (unpaired) electrons. The Labute approximate surface area is 118 Å². The van der Waals surface area contributed by atoms with E-state index in [1.165, 1.54) is 16.4 Å². The molecule has 1 saturated heterocycles. The summed E-state index contributed by atoms with van der Waals surface area (Å²) in [5, 5.41) is 0. The minimum atomic E-state index is -3.19. The van der Waals surface area contributed by atoms with E-state index >= 15 is 0 Å². The highest BCUT2D eigenvalue weighted by atomic mass is 32.2. The van der Waals surface area contributed by atoms with Gasteiger partial charge in [0.15, 0.2) is 0 Å². The van der Waals surface area contributed by atoms with Crippen molar-refractivity contribution in [3.05, 3.63) is 35.6 Å². The van der Waals surface area contributed by atoms with Crippen LogP contribution in [-0.4, -0.2) is 56.0 Å². The van der Waals surface area contributed by atoms with Gasteiger partial charge in [0.1, 0.15) is 5.82 Å². The van der Waals surface area contributed by atoms with E-state index in [9.17, 15) is 17.6 Å². The number of piperazine rings is 1. The fourth-order valence-corrected chi connectivity index (χ4v) is 3.03.